The van der Waals surface area contributed by atoms with Crippen LogP contribution in [-0.2, 0) is 16.1 Å². The monoisotopic (exact) mass is 374 g/mol. The first-order valence-corrected chi connectivity index (χ1v) is 8.65. The van der Waals surface area contributed by atoms with Gasteiger partial charge in [-0.1, -0.05) is 23.7 Å². The molecule has 0 unspecified atom stereocenters. The van der Waals surface area contributed by atoms with Crippen LogP contribution in [0.4, 0.5) is 0 Å². The van der Waals surface area contributed by atoms with Gasteiger partial charge in [-0.05, 0) is 48.4 Å². The normalized spacial score (nSPS) is 16.1. The first-order valence-electron chi connectivity index (χ1n) is 8.27. The fraction of sp³-hybridized carbons (Fsp3) is 0.263. The maximum atomic E-state index is 12.1. The van der Waals surface area contributed by atoms with Crippen molar-refractivity contribution in [1.29, 1.82) is 0 Å². The number of amides is 2. The summed E-state index contributed by atoms with van der Waals surface area (Å²) in [4.78, 5) is 23.9. The van der Waals surface area contributed by atoms with E-state index in [1.54, 1.807) is 48.5 Å². The lowest BCUT2D eigenvalue weighted by atomic mass is 10.1. The Labute approximate surface area is 156 Å². The van der Waals surface area contributed by atoms with Crippen molar-refractivity contribution >= 4 is 23.4 Å². The van der Waals surface area contributed by atoms with Crippen LogP contribution in [-0.4, -0.2) is 25.0 Å². The summed E-state index contributed by atoms with van der Waals surface area (Å²) in [6.45, 7) is 1.34. The second-order valence-electron chi connectivity index (χ2n) is 5.94. The zero-order valence-corrected chi connectivity index (χ0v) is 14.8. The van der Waals surface area contributed by atoms with E-state index >= 15 is 0 Å². The van der Waals surface area contributed by atoms with E-state index in [-0.39, 0.29) is 17.7 Å². The summed E-state index contributed by atoms with van der Waals surface area (Å²) in [6, 6.07) is 14.1. The maximum Gasteiger partial charge on any atom is 0.269 e. The molecule has 26 heavy (non-hydrogen) atoms. The first-order chi connectivity index (χ1) is 12.6. The summed E-state index contributed by atoms with van der Waals surface area (Å²) >= 11 is 5.83. The van der Waals surface area contributed by atoms with Gasteiger partial charge in [-0.3, -0.25) is 20.4 Å². The Bertz CT molecular complexity index is 756. The Hall–Kier alpha value is -2.57. The van der Waals surface area contributed by atoms with Gasteiger partial charge in [-0.25, -0.2) is 0 Å². The van der Waals surface area contributed by atoms with Gasteiger partial charge in [0.1, 0.15) is 12.4 Å². The smallest absolute Gasteiger partial charge is 0.269 e. The number of carbonyl (C=O) groups excluding carboxylic acids is 2. The van der Waals surface area contributed by atoms with Crippen molar-refractivity contribution < 1.29 is 19.1 Å². The Morgan fingerprint density at radius 3 is 2.46 bits per heavy atom. The number of ether oxygens (including phenoxy) is 2. The first kappa shape index (κ1) is 18.2. The molecule has 7 heteroatoms. The predicted octanol–water partition coefficient (Wildman–Crippen LogP) is 2.72. The Morgan fingerprint density at radius 2 is 1.81 bits per heavy atom. The standard InChI is InChI=1S/C19H19ClN2O4/c20-16-5-7-17(8-6-16)26-11-13-1-3-14(4-2-13)18(23)21-22-19(24)15-9-10-25-12-15/h1-8,15H,9-12H2,(H,21,23)(H,22,24)/t15-/m1/s1. The second kappa shape index (κ2) is 8.69. The average Bonchev–Trinajstić information content (AvgIpc) is 3.21. The van der Waals surface area contributed by atoms with E-state index in [1.807, 2.05) is 0 Å². The van der Waals surface area contributed by atoms with E-state index in [4.69, 9.17) is 21.1 Å². The summed E-state index contributed by atoms with van der Waals surface area (Å²) in [6.07, 6.45) is 0.671. The van der Waals surface area contributed by atoms with Gasteiger partial charge in [0.05, 0.1) is 12.5 Å². The van der Waals surface area contributed by atoms with Crippen molar-refractivity contribution in [2.45, 2.75) is 13.0 Å². The van der Waals surface area contributed by atoms with Gasteiger partial charge in [0.15, 0.2) is 0 Å². The highest BCUT2D eigenvalue weighted by atomic mass is 35.5. The van der Waals surface area contributed by atoms with Gasteiger partial charge in [0, 0.05) is 17.2 Å². The summed E-state index contributed by atoms with van der Waals surface area (Å²) in [5.74, 6) is -0.0937. The highest BCUT2D eigenvalue weighted by Gasteiger charge is 2.23. The lowest BCUT2D eigenvalue weighted by Crippen LogP contribution is -2.44. The van der Waals surface area contributed by atoms with Crippen LogP contribution in [0.15, 0.2) is 48.5 Å². The number of halogens is 1. The number of carbonyl (C=O) groups is 2. The van der Waals surface area contributed by atoms with Crippen molar-refractivity contribution in [3.63, 3.8) is 0 Å². The number of hydrazine groups is 1. The molecule has 1 atom stereocenters. The zero-order chi connectivity index (χ0) is 18.4. The minimum absolute atomic E-state index is 0.206. The number of nitrogens with one attached hydrogen (secondary N) is 2. The topological polar surface area (TPSA) is 76.7 Å². The lowest BCUT2D eigenvalue weighted by molar-refractivity contribution is -0.125. The molecule has 3 rings (SSSR count). The molecule has 2 amide bonds. The minimum Gasteiger partial charge on any atom is -0.489 e. The third-order valence-corrected chi connectivity index (χ3v) is 4.29. The van der Waals surface area contributed by atoms with E-state index < -0.39 is 0 Å². The Kier molecular flexibility index (Phi) is 6.09. The van der Waals surface area contributed by atoms with Gasteiger partial charge in [0.2, 0.25) is 5.91 Å². The highest BCUT2D eigenvalue weighted by Crippen LogP contribution is 2.17. The van der Waals surface area contributed by atoms with Crippen LogP contribution >= 0.6 is 11.6 Å². The van der Waals surface area contributed by atoms with Crippen LogP contribution in [0.1, 0.15) is 22.3 Å². The van der Waals surface area contributed by atoms with Crippen LogP contribution in [0.3, 0.4) is 0 Å². The molecule has 2 aromatic carbocycles. The SMILES string of the molecule is O=C(NNC(=O)[C@@H]1CCOC1)c1ccc(COc2ccc(Cl)cc2)cc1. The number of rotatable bonds is 5. The molecule has 1 fully saturated rings. The molecule has 1 aliphatic heterocycles. The molecule has 0 bridgehead atoms. The van der Waals surface area contributed by atoms with Crippen molar-refractivity contribution in [2.75, 3.05) is 13.2 Å². The van der Waals surface area contributed by atoms with Crippen molar-refractivity contribution in [3.8, 4) is 5.75 Å². The number of hydrogen-bond donors (Lipinski definition) is 2. The van der Waals surface area contributed by atoms with Crippen molar-refractivity contribution in [2.24, 2.45) is 5.92 Å². The van der Waals surface area contributed by atoms with Crippen LogP contribution in [0.5, 0.6) is 5.75 Å². The lowest BCUT2D eigenvalue weighted by Gasteiger charge is -2.11. The molecule has 0 saturated carbocycles. The van der Waals surface area contributed by atoms with Gasteiger partial charge >= 0.3 is 0 Å². The molecule has 1 aliphatic rings. The molecule has 6 nitrogen and oxygen atoms in total. The van der Waals surface area contributed by atoms with Crippen LogP contribution in [0.2, 0.25) is 5.02 Å². The molecule has 1 saturated heterocycles. The predicted molar refractivity (Wildman–Crippen MR) is 96.8 cm³/mol. The number of benzene rings is 2. The van der Waals surface area contributed by atoms with E-state index in [0.717, 1.165) is 11.3 Å². The largest absolute Gasteiger partial charge is 0.489 e. The molecule has 2 N–H and O–H groups in total. The fourth-order valence-corrected chi connectivity index (χ4v) is 2.61. The van der Waals surface area contributed by atoms with E-state index in [9.17, 15) is 9.59 Å². The van der Waals surface area contributed by atoms with Crippen molar-refractivity contribution in [1.82, 2.24) is 10.9 Å². The van der Waals surface area contributed by atoms with Crippen LogP contribution in [0.25, 0.3) is 0 Å². The highest BCUT2D eigenvalue weighted by molar-refractivity contribution is 6.30. The van der Waals surface area contributed by atoms with Crippen LogP contribution < -0.4 is 15.6 Å². The molecule has 0 radical (unpaired) electrons. The molecule has 0 aromatic heterocycles. The Balaban J connectivity index is 1.47. The molecule has 136 valence electrons. The second-order valence-corrected chi connectivity index (χ2v) is 6.38. The molecule has 0 aliphatic carbocycles. The maximum absolute atomic E-state index is 12.1. The van der Waals surface area contributed by atoms with Gasteiger partial charge in [-0.15, -0.1) is 0 Å². The summed E-state index contributed by atoms with van der Waals surface area (Å²) in [7, 11) is 0. The van der Waals surface area contributed by atoms with E-state index in [0.29, 0.717) is 36.8 Å². The number of hydrogen-bond acceptors (Lipinski definition) is 4. The van der Waals surface area contributed by atoms with Gasteiger partial charge in [-0.2, -0.15) is 0 Å². The fourth-order valence-electron chi connectivity index (χ4n) is 2.48. The van der Waals surface area contributed by atoms with Gasteiger partial charge < -0.3 is 9.47 Å². The molecule has 2 aromatic rings. The summed E-state index contributed by atoms with van der Waals surface area (Å²) in [5.41, 5.74) is 6.22. The molecular weight excluding hydrogens is 356 g/mol. The molecule has 1 heterocycles. The summed E-state index contributed by atoms with van der Waals surface area (Å²) < 4.78 is 10.8. The van der Waals surface area contributed by atoms with E-state index in [1.165, 1.54) is 0 Å². The quantitative estimate of drug-likeness (QED) is 0.789. The van der Waals surface area contributed by atoms with E-state index in [2.05, 4.69) is 10.9 Å². The van der Waals surface area contributed by atoms with Gasteiger partial charge in [0.25, 0.3) is 5.91 Å². The van der Waals surface area contributed by atoms with Crippen LogP contribution in [0, 0.1) is 5.92 Å². The molecular formula is C19H19ClN2O4. The third-order valence-electron chi connectivity index (χ3n) is 4.03. The van der Waals surface area contributed by atoms with Crippen molar-refractivity contribution in [3.05, 3.63) is 64.7 Å². The zero-order valence-electron chi connectivity index (χ0n) is 14.0. The third kappa shape index (κ3) is 4.97. The average molecular weight is 375 g/mol. The minimum atomic E-state index is -0.373. The Morgan fingerprint density at radius 1 is 1.08 bits per heavy atom. The summed E-state index contributed by atoms with van der Waals surface area (Å²) in [5, 5.41) is 0.653. The molecule has 0 spiro atoms.